The maximum Gasteiger partial charge on any atom is 0.258 e. The number of pyridine rings is 1. The molecule has 7 heteroatoms. The Morgan fingerprint density at radius 1 is 1.47 bits per heavy atom. The number of rotatable bonds is 5. The van der Waals surface area contributed by atoms with Gasteiger partial charge < -0.3 is 0 Å². The third-order valence-electron chi connectivity index (χ3n) is 1.75. The fourth-order valence-electron chi connectivity index (χ4n) is 1.14. The number of hydrogen-bond donors (Lipinski definition) is 1. The summed E-state index contributed by atoms with van der Waals surface area (Å²) in [6.07, 6.45) is 0.981. The normalized spacial score (nSPS) is 11.2. The highest BCUT2D eigenvalue weighted by atomic mass is 32.2. The number of amides is 1. The molecule has 0 aliphatic carbocycles. The molecule has 0 radical (unpaired) electrons. The van der Waals surface area contributed by atoms with E-state index < -0.39 is 21.5 Å². The van der Waals surface area contributed by atoms with Crippen molar-refractivity contribution in [2.24, 2.45) is 0 Å². The molecule has 17 heavy (non-hydrogen) atoms. The molecule has 0 aliphatic rings. The van der Waals surface area contributed by atoms with Crippen LogP contribution >= 0.6 is 0 Å². The Labute approximate surface area is 99.9 Å². The van der Waals surface area contributed by atoms with Crippen molar-refractivity contribution in [3.8, 4) is 0 Å². The van der Waals surface area contributed by atoms with E-state index in [4.69, 9.17) is 4.84 Å². The van der Waals surface area contributed by atoms with Crippen LogP contribution in [0.5, 0.6) is 0 Å². The van der Waals surface area contributed by atoms with Crippen LogP contribution in [0, 0.1) is 6.92 Å². The van der Waals surface area contributed by atoms with E-state index in [0.29, 0.717) is 5.69 Å². The van der Waals surface area contributed by atoms with Crippen molar-refractivity contribution in [1.29, 1.82) is 0 Å². The smallest absolute Gasteiger partial charge is 0.258 e. The summed E-state index contributed by atoms with van der Waals surface area (Å²) < 4.78 is 21.6. The van der Waals surface area contributed by atoms with Crippen LogP contribution < -0.4 is 5.48 Å². The molecule has 1 amide bonds. The van der Waals surface area contributed by atoms with Gasteiger partial charge in [0, 0.05) is 11.9 Å². The average molecular weight is 258 g/mol. The quantitative estimate of drug-likeness (QED) is 0.750. The molecule has 0 bridgehead atoms. The maximum atomic E-state index is 11.1. The zero-order valence-electron chi connectivity index (χ0n) is 9.63. The number of carbonyl (C=O) groups is 1. The fourth-order valence-corrected chi connectivity index (χ4v) is 1.67. The molecule has 1 aromatic rings. The predicted octanol–water partition coefficient (Wildman–Crippen LogP) is -0.0176. The van der Waals surface area contributed by atoms with Gasteiger partial charge in [0.1, 0.15) is 12.4 Å². The van der Waals surface area contributed by atoms with E-state index in [0.717, 1.165) is 11.9 Å². The summed E-state index contributed by atoms with van der Waals surface area (Å²) in [4.78, 5) is 20.1. The molecule has 6 nitrogen and oxygen atoms in total. The van der Waals surface area contributed by atoms with Crippen molar-refractivity contribution in [3.05, 3.63) is 29.6 Å². The van der Waals surface area contributed by atoms with E-state index in [2.05, 4.69) is 4.98 Å². The number of carbonyl (C=O) groups excluding carboxylic acids is 1. The largest absolute Gasteiger partial charge is 0.272 e. The first-order valence-corrected chi connectivity index (χ1v) is 6.94. The molecule has 0 atom stereocenters. The van der Waals surface area contributed by atoms with E-state index in [1.54, 1.807) is 6.07 Å². The SMILES string of the molecule is Cc1cccc(CONC(=O)CS(C)(=O)=O)n1. The highest BCUT2D eigenvalue weighted by molar-refractivity contribution is 7.91. The van der Waals surface area contributed by atoms with E-state index in [-0.39, 0.29) is 6.61 Å². The van der Waals surface area contributed by atoms with E-state index >= 15 is 0 Å². The number of sulfone groups is 1. The lowest BCUT2D eigenvalue weighted by atomic mass is 10.3. The molecular weight excluding hydrogens is 244 g/mol. The second-order valence-corrected chi connectivity index (χ2v) is 5.79. The van der Waals surface area contributed by atoms with Crippen LogP contribution in [0.3, 0.4) is 0 Å². The maximum absolute atomic E-state index is 11.1. The molecule has 0 aromatic carbocycles. The minimum Gasteiger partial charge on any atom is -0.272 e. The number of hydrogen-bond acceptors (Lipinski definition) is 5. The summed E-state index contributed by atoms with van der Waals surface area (Å²) >= 11 is 0. The van der Waals surface area contributed by atoms with Crippen molar-refractivity contribution in [3.63, 3.8) is 0 Å². The molecule has 1 aromatic heterocycles. The Morgan fingerprint density at radius 3 is 2.76 bits per heavy atom. The number of aryl methyl sites for hydroxylation is 1. The molecule has 0 aliphatic heterocycles. The lowest BCUT2D eigenvalue weighted by Gasteiger charge is -2.05. The summed E-state index contributed by atoms with van der Waals surface area (Å²) in [5.41, 5.74) is 3.55. The van der Waals surface area contributed by atoms with Crippen LogP contribution in [0.1, 0.15) is 11.4 Å². The molecule has 1 rings (SSSR count). The Balaban J connectivity index is 2.36. The van der Waals surface area contributed by atoms with Crippen molar-refractivity contribution in [1.82, 2.24) is 10.5 Å². The topological polar surface area (TPSA) is 85.4 Å². The zero-order valence-corrected chi connectivity index (χ0v) is 10.5. The molecule has 0 unspecified atom stereocenters. The van der Waals surface area contributed by atoms with E-state index in [9.17, 15) is 13.2 Å². The summed E-state index contributed by atoms with van der Waals surface area (Å²) in [6, 6.07) is 5.40. The lowest BCUT2D eigenvalue weighted by molar-refractivity contribution is -0.131. The van der Waals surface area contributed by atoms with Gasteiger partial charge in [-0.25, -0.2) is 13.9 Å². The number of hydroxylamine groups is 1. The van der Waals surface area contributed by atoms with Gasteiger partial charge in [0.05, 0.1) is 5.69 Å². The average Bonchev–Trinajstić information content (AvgIpc) is 2.14. The Morgan fingerprint density at radius 2 is 2.18 bits per heavy atom. The molecule has 0 fully saturated rings. The van der Waals surface area contributed by atoms with Crippen LogP contribution in [0.2, 0.25) is 0 Å². The first-order chi connectivity index (χ1) is 7.87. The molecular formula is C10H14N2O4S. The van der Waals surface area contributed by atoms with Gasteiger partial charge in [-0.1, -0.05) is 6.07 Å². The van der Waals surface area contributed by atoms with Crippen LogP contribution in [0.15, 0.2) is 18.2 Å². The van der Waals surface area contributed by atoms with Crippen LogP contribution in [-0.4, -0.2) is 31.3 Å². The summed E-state index contributed by atoms with van der Waals surface area (Å²) in [6.45, 7) is 1.93. The zero-order chi connectivity index (χ0) is 12.9. The van der Waals surface area contributed by atoms with Crippen LogP contribution in [0.4, 0.5) is 0 Å². The van der Waals surface area contributed by atoms with Crippen molar-refractivity contribution >= 4 is 15.7 Å². The summed E-state index contributed by atoms with van der Waals surface area (Å²) in [5, 5.41) is 0. The number of nitrogens with zero attached hydrogens (tertiary/aromatic N) is 1. The molecule has 0 saturated carbocycles. The second-order valence-electron chi connectivity index (χ2n) is 3.65. The molecule has 94 valence electrons. The van der Waals surface area contributed by atoms with Gasteiger partial charge in [-0.2, -0.15) is 0 Å². The Kier molecular flexibility index (Phi) is 4.59. The van der Waals surface area contributed by atoms with Gasteiger partial charge in [0.25, 0.3) is 5.91 Å². The molecule has 0 saturated heterocycles. The van der Waals surface area contributed by atoms with Crippen molar-refractivity contribution in [2.45, 2.75) is 13.5 Å². The van der Waals surface area contributed by atoms with E-state index in [1.807, 2.05) is 24.5 Å². The second kappa shape index (κ2) is 5.74. The minimum absolute atomic E-state index is 0.0944. The molecule has 1 N–H and O–H groups in total. The first-order valence-electron chi connectivity index (χ1n) is 4.88. The Bertz CT molecular complexity index is 499. The first kappa shape index (κ1) is 13.6. The summed E-state index contributed by atoms with van der Waals surface area (Å²) in [5.74, 6) is -1.28. The van der Waals surface area contributed by atoms with Crippen molar-refractivity contribution in [2.75, 3.05) is 12.0 Å². The highest BCUT2D eigenvalue weighted by Gasteiger charge is 2.10. The number of nitrogens with one attached hydrogen (secondary N) is 1. The monoisotopic (exact) mass is 258 g/mol. The fraction of sp³-hybridized carbons (Fsp3) is 0.400. The van der Waals surface area contributed by atoms with Crippen LogP contribution in [-0.2, 0) is 26.1 Å². The van der Waals surface area contributed by atoms with Gasteiger partial charge in [0.15, 0.2) is 9.84 Å². The van der Waals surface area contributed by atoms with Gasteiger partial charge in [0.2, 0.25) is 0 Å². The van der Waals surface area contributed by atoms with Gasteiger partial charge >= 0.3 is 0 Å². The third kappa shape index (κ3) is 5.98. The van der Waals surface area contributed by atoms with Gasteiger partial charge in [-0.3, -0.25) is 14.6 Å². The summed E-state index contributed by atoms with van der Waals surface area (Å²) in [7, 11) is -3.33. The van der Waals surface area contributed by atoms with E-state index in [1.165, 1.54) is 0 Å². The third-order valence-corrected chi connectivity index (χ3v) is 2.53. The number of aromatic nitrogens is 1. The van der Waals surface area contributed by atoms with Gasteiger partial charge in [-0.05, 0) is 19.1 Å². The van der Waals surface area contributed by atoms with Gasteiger partial charge in [-0.15, -0.1) is 0 Å². The standard InChI is InChI=1S/C10H14N2O4S/c1-8-4-3-5-9(11-8)6-16-12-10(13)7-17(2,14)15/h3-5H,6-7H2,1-2H3,(H,12,13). The highest BCUT2D eigenvalue weighted by Crippen LogP contribution is 1.98. The lowest BCUT2D eigenvalue weighted by Crippen LogP contribution is -2.29. The molecule has 1 heterocycles. The minimum atomic E-state index is -3.33. The Hall–Kier alpha value is -1.47. The predicted molar refractivity (Wildman–Crippen MR) is 61.6 cm³/mol. The van der Waals surface area contributed by atoms with Crippen molar-refractivity contribution < 1.29 is 18.0 Å². The molecule has 0 spiro atoms. The van der Waals surface area contributed by atoms with Crippen LogP contribution in [0.25, 0.3) is 0 Å².